The Bertz CT molecular complexity index is 350. The van der Waals surface area contributed by atoms with Gasteiger partial charge in [0.05, 0.1) is 13.2 Å². The monoisotopic (exact) mass is 299 g/mol. The van der Waals surface area contributed by atoms with Gasteiger partial charge in [-0.3, -0.25) is 0 Å². The van der Waals surface area contributed by atoms with Crippen molar-refractivity contribution in [3.05, 3.63) is 29.8 Å². The van der Waals surface area contributed by atoms with Gasteiger partial charge in [-0.25, -0.2) is 0 Å². The molecule has 114 valence electrons. The van der Waals surface area contributed by atoms with Gasteiger partial charge in [-0.05, 0) is 49.9 Å². The van der Waals surface area contributed by atoms with E-state index >= 15 is 0 Å². The first kappa shape index (κ1) is 17.3. The summed E-state index contributed by atoms with van der Waals surface area (Å²) in [5.41, 5.74) is 1.29. The molecule has 0 spiro atoms. The zero-order valence-corrected chi connectivity index (χ0v) is 13.1. The van der Waals surface area contributed by atoms with Crippen molar-refractivity contribution in [1.82, 2.24) is 5.32 Å². The van der Waals surface area contributed by atoms with Crippen molar-refractivity contribution in [3.8, 4) is 5.75 Å². The molecule has 1 atom stereocenters. The Morgan fingerprint density at radius 2 is 1.95 bits per heavy atom. The molecule has 1 aromatic carbocycles. The van der Waals surface area contributed by atoms with Crippen LogP contribution in [0.4, 0.5) is 0 Å². The fourth-order valence-electron chi connectivity index (χ4n) is 2.46. The van der Waals surface area contributed by atoms with Crippen molar-refractivity contribution in [2.24, 2.45) is 0 Å². The maximum Gasteiger partial charge on any atom is 0.119 e. The molecule has 0 saturated carbocycles. The summed E-state index contributed by atoms with van der Waals surface area (Å²) >= 11 is 0. The summed E-state index contributed by atoms with van der Waals surface area (Å²) in [5, 5.41) is 3.54. The lowest BCUT2D eigenvalue weighted by Crippen LogP contribution is -2.35. The summed E-state index contributed by atoms with van der Waals surface area (Å²) in [5.74, 6) is 0.969. The molecule has 4 heteroatoms. The van der Waals surface area contributed by atoms with E-state index in [2.05, 4.69) is 29.6 Å². The van der Waals surface area contributed by atoms with Crippen molar-refractivity contribution < 1.29 is 9.47 Å². The molecule has 0 bridgehead atoms. The summed E-state index contributed by atoms with van der Waals surface area (Å²) in [6, 6.07) is 8.99. The SMILES string of the molecule is COCCc1ccc(OCCC2CCCCN2)cc1.Cl. The van der Waals surface area contributed by atoms with Crippen LogP contribution in [0.3, 0.4) is 0 Å². The highest BCUT2D eigenvalue weighted by molar-refractivity contribution is 5.85. The van der Waals surface area contributed by atoms with Crippen LogP contribution in [-0.4, -0.2) is 32.9 Å². The van der Waals surface area contributed by atoms with Crippen molar-refractivity contribution >= 4 is 12.4 Å². The van der Waals surface area contributed by atoms with Crippen LogP contribution < -0.4 is 10.1 Å². The zero-order valence-electron chi connectivity index (χ0n) is 12.3. The number of rotatable bonds is 7. The molecule has 1 saturated heterocycles. The van der Waals surface area contributed by atoms with Gasteiger partial charge in [0, 0.05) is 13.2 Å². The quantitative estimate of drug-likeness (QED) is 0.838. The lowest BCUT2D eigenvalue weighted by atomic mass is 10.0. The number of methoxy groups -OCH3 is 1. The Hall–Kier alpha value is -0.770. The van der Waals surface area contributed by atoms with Crippen LogP contribution in [0.1, 0.15) is 31.2 Å². The van der Waals surface area contributed by atoms with Gasteiger partial charge in [-0.2, -0.15) is 0 Å². The van der Waals surface area contributed by atoms with E-state index in [-0.39, 0.29) is 12.4 Å². The number of nitrogens with one attached hydrogen (secondary N) is 1. The molecule has 2 rings (SSSR count). The lowest BCUT2D eigenvalue weighted by molar-refractivity contribution is 0.202. The lowest BCUT2D eigenvalue weighted by Gasteiger charge is -2.23. The van der Waals surface area contributed by atoms with Crippen LogP contribution >= 0.6 is 12.4 Å². The van der Waals surface area contributed by atoms with Crippen LogP contribution in [0.5, 0.6) is 5.75 Å². The van der Waals surface area contributed by atoms with Gasteiger partial charge in [0.15, 0.2) is 0 Å². The Labute approximate surface area is 128 Å². The largest absolute Gasteiger partial charge is 0.494 e. The smallest absolute Gasteiger partial charge is 0.119 e. The van der Waals surface area contributed by atoms with Crippen LogP contribution in [0, 0.1) is 0 Å². The first-order valence-corrected chi connectivity index (χ1v) is 7.32. The zero-order chi connectivity index (χ0) is 13.3. The molecule has 1 unspecified atom stereocenters. The summed E-state index contributed by atoms with van der Waals surface area (Å²) in [4.78, 5) is 0. The number of benzene rings is 1. The molecule has 1 N–H and O–H groups in total. The molecule has 3 nitrogen and oxygen atoms in total. The molecule has 1 aliphatic heterocycles. The standard InChI is InChI=1S/C16H25NO2.ClH/c1-18-12-9-14-5-7-16(8-6-14)19-13-10-15-4-2-3-11-17-15;/h5-8,15,17H,2-4,9-13H2,1H3;1H. The summed E-state index contributed by atoms with van der Waals surface area (Å²) in [7, 11) is 1.73. The topological polar surface area (TPSA) is 30.5 Å². The van der Waals surface area contributed by atoms with E-state index in [4.69, 9.17) is 9.47 Å². The van der Waals surface area contributed by atoms with E-state index in [0.29, 0.717) is 6.04 Å². The van der Waals surface area contributed by atoms with Gasteiger partial charge >= 0.3 is 0 Å². The van der Waals surface area contributed by atoms with Gasteiger partial charge in [0.1, 0.15) is 5.75 Å². The number of hydrogen-bond donors (Lipinski definition) is 1. The van der Waals surface area contributed by atoms with E-state index in [1.165, 1.54) is 31.4 Å². The van der Waals surface area contributed by atoms with E-state index in [0.717, 1.165) is 31.8 Å². The molecule has 20 heavy (non-hydrogen) atoms. The maximum atomic E-state index is 5.80. The predicted molar refractivity (Wildman–Crippen MR) is 85.0 cm³/mol. The minimum Gasteiger partial charge on any atom is -0.494 e. The third kappa shape index (κ3) is 6.12. The molecule has 1 fully saturated rings. The Morgan fingerprint density at radius 3 is 2.60 bits per heavy atom. The average molecular weight is 300 g/mol. The van der Waals surface area contributed by atoms with E-state index in [1.807, 2.05) is 0 Å². The van der Waals surface area contributed by atoms with Crippen LogP contribution in [-0.2, 0) is 11.2 Å². The second-order valence-corrected chi connectivity index (χ2v) is 5.17. The molecule has 0 amide bonds. The number of piperidine rings is 1. The highest BCUT2D eigenvalue weighted by atomic mass is 35.5. The van der Waals surface area contributed by atoms with Crippen LogP contribution in [0.15, 0.2) is 24.3 Å². The highest BCUT2D eigenvalue weighted by Crippen LogP contribution is 2.15. The average Bonchev–Trinajstić information content (AvgIpc) is 2.47. The van der Waals surface area contributed by atoms with Gasteiger partial charge < -0.3 is 14.8 Å². The predicted octanol–water partition coefficient (Wildman–Crippen LogP) is 3.21. The first-order valence-electron chi connectivity index (χ1n) is 7.32. The van der Waals surface area contributed by atoms with Gasteiger partial charge in [-0.15, -0.1) is 12.4 Å². The first-order chi connectivity index (χ1) is 9.38. The summed E-state index contributed by atoms with van der Waals surface area (Å²) < 4.78 is 10.9. The Balaban J connectivity index is 0.00000200. The van der Waals surface area contributed by atoms with Crippen molar-refractivity contribution in [2.45, 2.75) is 38.1 Å². The Morgan fingerprint density at radius 1 is 1.15 bits per heavy atom. The number of halogens is 1. The molecule has 1 heterocycles. The fraction of sp³-hybridized carbons (Fsp3) is 0.625. The van der Waals surface area contributed by atoms with E-state index < -0.39 is 0 Å². The van der Waals surface area contributed by atoms with Gasteiger partial charge in [-0.1, -0.05) is 18.6 Å². The minimum atomic E-state index is 0. The van der Waals surface area contributed by atoms with Gasteiger partial charge in [0.2, 0.25) is 0 Å². The second kappa shape index (κ2) is 10.0. The maximum absolute atomic E-state index is 5.80. The highest BCUT2D eigenvalue weighted by Gasteiger charge is 2.11. The van der Waals surface area contributed by atoms with Crippen molar-refractivity contribution in [1.29, 1.82) is 0 Å². The second-order valence-electron chi connectivity index (χ2n) is 5.17. The normalized spacial score (nSPS) is 18.4. The molecule has 1 aliphatic rings. The number of ether oxygens (including phenoxy) is 2. The molecule has 0 radical (unpaired) electrons. The van der Waals surface area contributed by atoms with E-state index in [9.17, 15) is 0 Å². The van der Waals surface area contributed by atoms with Crippen molar-refractivity contribution in [3.63, 3.8) is 0 Å². The van der Waals surface area contributed by atoms with Crippen LogP contribution in [0.2, 0.25) is 0 Å². The summed E-state index contributed by atoms with van der Waals surface area (Å²) in [6.45, 7) is 2.74. The van der Waals surface area contributed by atoms with E-state index in [1.54, 1.807) is 7.11 Å². The minimum absolute atomic E-state index is 0. The summed E-state index contributed by atoms with van der Waals surface area (Å²) in [6.07, 6.45) is 6.03. The van der Waals surface area contributed by atoms with Crippen LogP contribution in [0.25, 0.3) is 0 Å². The van der Waals surface area contributed by atoms with Gasteiger partial charge in [0.25, 0.3) is 0 Å². The molecule has 0 aromatic heterocycles. The molecular weight excluding hydrogens is 274 g/mol. The molecular formula is C16H26ClNO2. The third-order valence-corrected chi connectivity index (χ3v) is 3.67. The third-order valence-electron chi connectivity index (χ3n) is 3.67. The fourth-order valence-corrected chi connectivity index (χ4v) is 2.46. The number of hydrogen-bond acceptors (Lipinski definition) is 3. The molecule has 0 aliphatic carbocycles. The van der Waals surface area contributed by atoms with Crippen molar-refractivity contribution in [2.75, 3.05) is 26.9 Å². The molecule has 1 aromatic rings. The Kier molecular flexibility index (Phi) is 8.67.